The molecule has 0 saturated carbocycles. The number of nitrogens with one attached hydrogen (secondary N) is 2. The molecule has 0 bridgehead atoms. The van der Waals surface area contributed by atoms with Crippen LogP contribution in [0.15, 0.2) is 53.2 Å². The van der Waals surface area contributed by atoms with Gasteiger partial charge in [-0.3, -0.25) is 4.68 Å². The Balaban J connectivity index is 1.17. The Morgan fingerprint density at radius 1 is 1.32 bits per heavy atom. The zero-order valence-corrected chi connectivity index (χ0v) is 21.5. The number of nitriles is 1. The van der Waals surface area contributed by atoms with Crippen LogP contribution in [0.3, 0.4) is 0 Å². The Morgan fingerprint density at radius 2 is 2.16 bits per heavy atom. The zero-order chi connectivity index (χ0) is 25.8. The average molecular weight is 507 g/mol. The molecular formula is C27H35FN8O. The summed E-state index contributed by atoms with van der Waals surface area (Å²) in [6.07, 6.45) is 11.8. The summed E-state index contributed by atoms with van der Waals surface area (Å²) in [5.41, 5.74) is 3.93. The van der Waals surface area contributed by atoms with Gasteiger partial charge in [0.1, 0.15) is 18.0 Å². The number of aromatic nitrogens is 3. The molecule has 2 aromatic heterocycles. The van der Waals surface area contributed by atoms with Gasteiger partial charge < -0.3 is 24.8 Å². The van der Waals surface area contributed by atoms with Gasteiger partial charge in [-0.25, -0.2) is 9.38 Å². The molecule has 0 amide bonds. The fourth-order valence-corrected chi connectivity index (χ4v) is 5.43. The van der Waals surface area contributed by atoms with Crippen molar-refractivity contribution >= 4 is 5.70 Å². The van der Waals surface area contributed by atoms with E-state index < -0.39 is 0 Å². The van der Waals surface area contributed by atoms with Crippen LogP contribution in [0.25, 0.3) is 5.70 Å². The van der Waals surface area contributed by atoms with Crippen LogP contribution < -0.4 is 16.0 Å². The van der Waals surface area contributed by atoms with E-state index in [1.165, 1.54) is 0 Å². The van der Waals surface area contributed by atoms with Crippen LogP contribution in [-0.4, -0.2) is 83.7 Å². The predicted octanol–water partition coefficient (Wildman–Crippen LogP) is 1.60. The number of nitrogens with zero attached hydrogens (tertiary/aromatic N) is 6. The predicted molar refractivity (Wildman–Crippen MR) is 138 cm³/mol. The molecule has 2 aromatic rings. The minimum absolute atomic E-state index is 0.0371. The first-order chi connectivity index (χ1) is 18.0. The summed E-state index contributed by atoms with van der Waals surface area (Å²) >= 11 is 0. The highest BCUT2D eigenvalue weighted by atomic mass is 19.1. The molecular weight excluding hydrogens is 471 g/mol. The third-order valence-electron chi connectivity index (χ3n) is 7.12. The maximum atomic E-state index is 14.1. The second-order valence-corrected chi connectivity index (χ2v) is 10.3. The summed E-state index contributed by atoms with van der Waals surface area (Å²) < 4.78 is 22.4. The Hall–Kier alpha value is -3.26. The van der Waals surface area contributed by atoms with E-state index in [1.54, 1.807) is 12.2 Å². The van der Waals surface area contributed by atoms with Crippen LogP contribution in [0.4, 0.5) is 4.39 Å². The van der Waals surface area contributed by atoms with Gasteiger partial charge in [0.05, 0.1) is 42.6 Å². The number of hydrogen-bond acceptors (Lipinski definition) is 7. The Kier molecular flexibility index (Phi) is 7.84. The van der Waals surface area contributed by atoms with Crippen molar-refractivity contribution in [3.8, 4) is 6.07 Å². The van der Waals surface area contributed by atoms with Crippen LogP contribution in [0.1, 0.15) is 37.3 Å². The Morgan fingerprint density at radius 3 is 2.95 bits per heavy atom. The molecule has 0 aromatic carbocycles. The van der Waals surface area contributed by atoms with Gasteiger partial charge in [0.25, 0.3) is 0 Å². The third-order valence-corrected chi connectivity index (χ3v) is 7.12. The first-order valence-electron chi connectivity index (χ1n) is 13.0. The second kappa shape index (κ2) is 11.4. The van der Waals surface area contributed by atoms with E-state index in [0.29, 0.717) is 13.1 Å². The molecule has 2 unspecified atom stereocenters. The van der Waals surface area contributed by atoms with Crippen molar-refractivity contribution in [1.82, 2.24) is 29.9 Å². The van der Waals surface area contributed by atoms with Gasteiger partial charge in [-0.15, -0.1) is 0 Å². The number of likely N-dealkylation sites (N-methyl/N-ethyl adjacent to an activating group) is 1. The maximum Gasteiger partial charge on any atom is 0.136 e. The highest BCUT2D eigenvalue weighted by molar-refractivity contribution is 5.62. The van der Waals surface area contributed by atoms with E-state index in [0.717, 1.165) is 73.0 Å². The lowest BCUT2D eigenvalue weighted by molar-refractivity contribution is -0.0255. The average Bonchev–Trinajstić information content (AvgIpc) is 3.54. The van der Waals surface area contributed by atoms with Crippen molar-refractivity contribution in [3.63, 3.8) is 0 Å². The topological polar surface area (TPSA) is 97.5 Å². The number of ether oxygens (including phenoxy) is 1. The summed E-state index contributed by atoms with van der Waals surface area (Å²) in [5.74, 6) is -0.202. The second-order valence-electron chi connectivity index (χ2n) is 10.3. The molecule has 1 saturated heterocycles. The molecule has 3 aliphatic rings. The largest absolute Gasteiger partial charge is 0.370 e. The standard InChI is InChI=1S/C27H35FN8O/c1-34(2)15-19-11-21(28)13-24(12-19)37-23-5-9-35(10-6-23)17-22(3-7-29)36-16-20(14-33-36)26-25-4-8-30-27(25)32-18-31-26/h4,8,11,13-14,16,22-24,31H,3,5-6,9-10,12,15,17-18H2,1-2H3,(H,30,32). The summed E-state index contributed by atoms with van der Waals surface area (Å²) in [7, 11) is 3.98. The molecule has 4 heterocycles. The van der Waals surface area contributed by atoms with E-state index >= 15 is 0 Å². The molecule has 2 N–H and O–H groups in total. The number of allylic oxidation sites excluding steroid dienone is 2. The molecule has 10 heteroatoms. The third kappa shape index (κ3) is 6.18. The van der Waals surface area contributed by atoms with Gasteiger partial charge in [0, 0.05) is 49.4 Å². The van der Waals surface area contributed by atoms with E-state index in [-0.39, 0.29) is 24.1 Å². The van der Waals surface area contributed by atoms with E-state index in [4.69, 9.17) is 4.74 Å². The molecule has 9 nitrogen and oxygen atoms in total. The molecule has 37 heavy (non-hydrogen) atoms. The first-order valence-corrected chi connectivity index (χ1v) is 13.0. The molecule has 5 rings (SSSR count). The van der Waals surface area contributed by atoms with Gasteiger partial charge >= 0.3 is 0 Å². The van der Waals surface area contributed by atoms with E-state index in [1.807, 2.05) is 43.4 Å². The monoisotopic (exact) mass is 506 g/mol. The fourth-order valence-electron chi connectivity index (χ4n) is 5.43. The lowest BCUT2D eigenvalue weighted by Crippen LogP contribution is -2.41. The quantitative estimate of drug-likeness (QED) is 0.536. The summed E-state index contributed by atoms with van der Waals surface area (Å²) in [6, 6.07) is 4.31. The van der Waals surface area contributed by atoms with E-state index in [9.17, 15) is 9.65 Å². The number of rotatable bonds is 9. The van der Waals surface area contributed by atoms with Crippen LogP contribution in [-0.2, 0) is 4.74 Å². The molecule has 0 radical (unpaired) electrons. The van der Waals surface area contributed by atoms with Crippen molar-refractivity contribution in [3.05, 3.63) is 64.5 Å². The minimum Gasteiger partial charge on any atom is -0.370 e. The number of fused-ring (bicyclic) bond motifs is 1. The molecule has 2 atom stereocenters. The molecule has 1 fully saturated rings. The molecule has 0 spiro atoms. The van der Waals surface area contributed by atoms with Gasteiger partial charge in [0.2, 0.25) is 0 Å². The summed E-state index contributed by atoms with van der Waals surface area (Å²) in [6.45, 7) is 3.78. The number of piperidine rings is 1. The van der Waals surface area contributed by atoms with Gasteiger partial charge in [-0.2, -0.15) is 10.4 Å². The fraction of sp³-hybridized carbons (Fsp3) is 0.519. The van der Waals surface area contributed by atoms with Gasteiger partial charge in [0.15, 0.2) is 0 Å². The number of H-pyrrole nitrogens is 1. The Bertz CT molecular complexity index is 1310. The first kappa shape index (κ1) is 25.4. The van der Waals surface area contributed by atoms with Gasteiger partial charge in [-0.1, -0.05) is 5.57 Å². The van der Waals surface area contributed by atoms with Crippen LogP contribution in [0, 0.1) is 11.3 Å². The van der Waals surface area contributed by atoms with Crippen molar-refractivity contribution in [2.24, 2.45) is 4.99 Å². The number of hydrogen-bond donors (Lipinski definition) is 2. The number of likely N-dealkylation sites (tertiary alicyclic amines) is 1. The summed E-state index contributed by atoms with van der Waals surface area (Å²) in [5, 5.41) is 18.5. The Labute approximate surface area is 216 Å². The number of aromatic amines is 1. The van der Waals surface area contributed by atoms with Crippen molar-refractivity contribution in [1.29, 1.82) is 5.26 Å². The lowest BCUT2D eigenvalue weighted by atomic mass is 10.00. The lowest BCUT2D eigenvalue weighted by Gasteiger charge is -2.35. The van der Waals surface area contributed by atoms with Crippen molar-refractivity contribution in [2.45, 2.75) is 43.9 Å². The van der Waals surface area contributed by atoms with Crippen molar-refractivity contribution < 1.29 is 9.13 Å². The maximum absolute atomic E-state index is 14.1. The molecule has 1 aliphatic carbocycles. The molecule has 2 aliphatic heterocycles. The SMILES string of the molecule is CN(C)CC1=CC(F)=CC(OC2CCN(CC(CC#N)n3cc(C4=c5cc[nH]c5=NCN4)cn3)CC2)C1. The highest BCUT2D eigenvalue weighted by Crippen LogP contribution is 2.26. The molecule has 196 valence electrons. The minimum atomic E-state index is -0.204. The highest BCUT2D eigenvalue weighted by Gasteiger charge is 2.27. The van der Waals surface area contributed by atoms with Crippen LogP contribution >= 0.6 is 0 Å². The zero-order valence-electron chi connectivity index (χ0n) is 21.5. The normalized spacial score (nSPS) is 21.5. The summed E-state index contributed by atoms with van der Waals surface area (Å²) in [4.78, 5) is 12.0. The smallest absolute Gasteiger partial charge is 0.136 e. The van der Waals surface area contributed by atoms with Gasteiger partial charge in [-0.05, 0) is 51.6 Å². The van der Waals surface area contributed by atoms with Crippen LogP contribution in [0.5, 0.6) is 0 Å². The van der Waals surface area contributed by atoms with Crippen LogP contribution in [0.2, 0.25) is 0 Å². The van der Waals surface area contributed by atoms with Crippen molar-refractivity contribution in [2.75, 3.05) is 46.9 Å². The van der Waals surface area contributed by atoms with E-state index in [2.05, 4.69) is 36.3 Å². The number of halogens is 1.